The fraction of sp³-hybridized carbons (Fsp3) is 0. The highest BCUT2D eigenvalue weighted by molar-refractivity contribution is 9.10. The van der Waals surface area contributed by atoms with Crippen LogP contribution < -0.4 is 5.46 Å². The predicted molar refractivity (Wildman–Crippen MR) is 122 cm³/mol. The number of rotatable bonds is 4. The molecule has 4 rings (SSSR count). The zero-order chi connectivity index (χ0) is 18.7. The molecule has 132 valence electrons. The van der Waals surface area contributed by atoms with Crippen molar-refractivity contribution in [3.05, 3.63) is 114 Å². The predicted octanol–water partition coefficient (Wildman–Crippen LogP) is 6.05. The van der Waals surface area contributed by atoms with Crippen LogP contribution in [-0.2, 0) is 0 Å². The summed E-state index contributed by atoms with van der Waals surface area (Å²) >= 11 is 3.60. The number of halogens is 1. The van der Waals surface area contributed by atoms with Gasteiger partial charge in [0.05, 0.1) is 0 Å². The highest BCUT2D eigenvalue weighted by atomic mass is 79.9. The lowest BCUT2D eigenvalue weighted by atomic mass is 9.97. The monoisotopic (exact) mass is 430 g/mol. The molecule has 0 nitrogen and oxygen atoms in total. The fourth-order valence-electron chi connectivity index (χ4n) is 3.45. The van der Waals surface area contributed by atoms with Crippen LogP contribution in [0.2, 0.25) is 0 Å². The van der Waals surface area contributed by atoms with Crippen molar-refractivity contribution in [3.63, 3.8) is 0 Å². The van der Waals surface area contributed by atoms with Gasteiger partial charge in [0.15, 0.2) is 0 Å². The summed E-state index contributed by atoms with van der Waals surface area (Å²) in [5, 5.41) is 0. The second-order valence-corrected chi connectivity index (χ2v) is 10.5. The molecule has 0 bridgehead atoms. The van der Waals surface area contributed by atoms with Gasteiger partial charge in [0.2, 0.25) is 0 Å². The lowest BCUT2D eigenvalue weighted by molar-refractivity contribution is 1.24. The molecule has 0 saturated carbocycles. The van der Waals surface area contributed by atoms with E-state index >= 15 is 0 Å². The molecule has 0 aromatic heterocycles. The molecule has 0 radical (unpaired) electrons. The summed E-state index contributed by atoms with van der Waals surface area (Å²) in [5.74, 6) is 0. The molecular weight excluding hydrogens is 411 g/mol. The summed E-state index contributed by atoms with van der Waals surface area (Å²) in [6.45, 7) is 0. The molecule has 0 heterocycles. The van der Waals surface area contributed by atoms with Gasteiger partial charge in [-0.1, -0.05) is 69.9 Å². The van der Waals surface area contributed by atoms with Crippen molar-refractivity contribution in [1.82, 2.24) is 0 Å². The van der Waals surface area contributed by atoms with E-state index in [4.69, 9.17) is 0 Å². The summed E-state index contributed by atoms with van der Waals surface area (Å²) in [7, 11) is 0.579. The van der Waals surface area contributed by atoms with Crippen molar-refractivity contribution >= 4 is 39.3 Å². The third kappa shape index (κ3) is 3.38. The van der Waals surface area contributed by atoms with Crippen LogP contribution in [0.1, 0.15) is 0 Å². The van der Waals surface area contributed by atoms with Gasteiger partial charge in [0.25, 0.3) is 0 Å². The van der Waals surface area contributed by atoms with Crippen LogP contribution >= 0.6 is 26.0 Å². The van der Waals surface area contributed by atoms with Gasteiger partial charge in [-0.15, -0.1) is 10.0 Å². The van der Waals surface area contributed by atoms with Gasteiger partial charge in [-0.05, 0) is 60.7 Å². The Morgan fingerprint density at radius 2 is 0.852 bits per heavy atom. The molecule has 27 heavy (non-hydrogen) atoms. The molecule has 3 heteroatoms. The highest BCUT2D eigenvalue weighted by Crippen LogP contribution is 2.73. The van der Waals surface area contributed by atoms with E-state index in [0.29, 0.717) is 0 Å². The SMILES string of the molecule is Bc1ccc(S(c2ccccc2)(c2ccccc2)c2ccc(Br)cc2)cc1. The molecule has 0 unspecified atom stereocenters. The Bertz CT molecular complexity index is 926. The first-order valence-electron chi connectivity index (χ1n) is 8.97. The third-order valence-corrected chi connectivity index (χ3v) is 9.18. The first-order chi connectivity index (χ1) is 13.2. The standard InChI is InChI=1S/C24H20BBrS/c25-19-11-15-23(16-12-19)27(21-7-3-1-4-8-21,22-9-5-2-6-10-22)24-17-13-20(26)14-18-24/h1-18H,25H2. The zero-order valence-corrected chi connectivity index (χ0v) is 17.6. The van der Waals surface area contributed by atoms with Crippen LogP contribution in [0.25, 0.3) is 0 Å². The first kappa shape index (κ1) is 18.2. The second kappa shape index (κ2) is 7.79. The minimum Gasteiger partial charge on any atom is -0.133 e. The third-order valence-electron chi connectivity index (χ3n) is 4.74. The van der Waals surface area contributed by atoms with Gasteiger partial charge in [-0.3, -0.25) is 0 Å². The van der Waals surface area contributed by atoms with Gasteiger partial charge in [0, 0.05) is 24.1 Å². The molecule has 4 aromatic rings. The molecular formula is C24H20BBrS. The van der Waals surface area contributed by atoms with Crippen molar-refractivity contribution in [2.45, 2.75) is 19.6 Å². The lowest BCUT2D eigenvalue weighted by Crippen LogP contribution is -2.07. The zero-order valence-electron chi connectivity index (χ0n) is 15.2. The molecule has 0 amide bonds. The second-order valence-electron chi connectivity index (χ2n) is 6.51. The van der Waals surface area contributed by atoms with Gasteiger partial charge in [-0.25, -0.2) is 0 Å². The van der Waals surface area contributed by atoms with Crippen LogP contribution in [0.15, 0.2) is 133 Å². The Morgan fingerprint density at radius 3 is 1.30 bits per heavy atom. The van der Waals surface area contributed by atoms with E-state index in [1.54, 1.807) is 0 Å². The number of benzene rings is 4. The van der Waals surface area contributed by atoms with Gasteiger partial charge in [-0.2, -0.15) is 0 Å². The summed E-state index contributed by atoms with van der Waals surface area (Å²) in [6, 6.07) is 39.7. The van der Waals surface area contributed by atoms with Crippen molar-refractivity contribution in [3.8, 4) is 0 Å². The van der Waals surface area contributed by atoms with Crippen molar-refractivity contribution in [1.29, 1.82) is 0 Å². The Labute approximate surface area is 172 Å². The normalized spacial score (nSPS) is 11.9. The Balaban J connectivity index is 2.11. The van der Waals surface area contributed by atoms with Crippen LogP contribution in [0.3, 0.4) is 0 Å². The Morgan fingerprint density at radius 1 is 0.481 bits per heavy atom. The highest BCUT2D eigenvalue weighted by Gasteiger charge is 2.32. The average molecular weight is 431 g/mol. The van der Waals surface area contributed by atoms with Crippen molar-refractivity contribution in [2.24, 2.45) is 0 Å². The number of hydrogen-bond acceptors (Lipinski definition) is 0. The molecule has 0 spiro atoms. The molecule has 4 aromatic carbocycles. The topological polar surface area (TPSA) is 0 Å². The minimum atomic E-state index is -1.57. The van der Waals surface area contributed by atoms with E-state index in [-0.39, 0.29) is 0 Å². The van der Waals surface area contributed by atoms with Crippen LogP contribution in [0.5, 0.6) is 0 Å². The number of hydrogen-bond donors (Lipinski definition) is 0. The van der Waals surface area contributed by atoms with Crippen LogP contribution in [-0.4, -0.2) is 7.85 Å². The van der Waals surface area contributed by atoms with Crippen molar-refractivity contribution in [2.75, 3.05) is 0 Å². The van der Waals surface area contributed by atoms with E-state index in [2.05, 4.69) is 133 Å². The van der Waals surface area contributed by atoms with Gasteiger partial charge in [0.1, 0.15) is 7.85 Å². The average Bonchev–Trinajstić information content (AvgIpc) is 2.73. The van der Waals surface area contributed by atoms with E-state index in [1.807, 2.05) is 0 Å². The van der Waals surface area contributed by atoms with Crippen LogP contribution in [0.4, 0.5) is 0 Å². The van der Waals surface area contributed by atoms with Crippen molar-refractivity contribution < 1.29 is 0 Å². The molecule has 0 saturated heterocycles. The van der Waals surface area contributed by atoms with E-state index in [1.165, 1.54) is 25.0 Å². The summed E-state index contributed by atoms with van der Waals surface area (Å²) in [4.78, 5) is 5.39. The fourth-order valence-corrected chi connectivity index (χ4v) is 7.56. The lowest BCUT2D eigenvalue weighted by Gasteiger charge is -2.42. The Kier molecular flexibility index (Phi) is 5.24. The first-order valence-corrected chi connectivity index (χ1v) is 11.4. The van der Waals surface area contributed by atoms with E-state index < -0.39 is 10.0 Å². The molecule has 0 atom stereocenters. The largest absolute Gasteiger partial charge is 0.139 e. The molecule has 0 aliphatic rings. The molecule has 0 fully saturated rings. The van der Waals surface area contributed by atoms with Crippen LogP contribution in [0, 0.1) is 0 Å². The maximum absolute atomic E-state index is 3.60. The molecule has 0 N–H and O–H groups in total. The van der Waals surface area contributed by atoms with Gasteiger partial charge < -0.3 is 0 Å². The molecule has 0 aliphatic carbocycles. The maximum Gasteiger partial charge on any atom is 0.139 e. The summed E-state index contributed by atoms with van der Waals surface area (Å²) in [5.41, 5.74) is 1.28. The molecule has 0 aliphatic heterocycles. The van der Waals surface area contributed by atoms with E-state index in [0.717, 1.165) is 4.47 Å². The minimum absolute atomic E-state index is 1.10. The Hall–Kier alpha value is -2.23. The smallest absolute Gasteiger partial charge is 0.133 e. The van der Waals surface area contributed by atoms with E-state index in [9.17, 15) is 0 Å². The summed E-state index contributed by atoms with van der Waals surface area (Å²) < 4.78 is 1.10. The quantitative estimate of drug-likeness (QED) is 0.346. The maximum atomic E-state index is 3.60. The summed E-state index contributed by atoms with van der Waals surface area (Å²) in [6.07, 6.45) is 0. The van der Waals surface area contributed by atoms with Gasteiger partial charge >= 0.3 is 0 Å².